The van der Waals surface area contributed by atoms with Crippen molar-refractivity contribution >= 4 is 12.2 Å². The van der Waals surface area contributed by atoms with Crippen molar-refractivity contribution in [2.75, 3.05) is 19.8 Å². The molecule has 5 nitrogen and oxygen atoms in total. The Morgan fingerprint density at radius 2 is 2.11 bits per heavy atom. The molecule has 0 saturated carbocycles. The summed E-state index contributed by atoms with van der Waals surface area (Å²) in [4.78, 5) is 16.3. The summed E-state index contributed by atoms with van der Waals surface area (Å²) in [5, 5.41) is 20.1. The molecule has 5 unspecified atom stereocenters. The van der Waals surface area contributed by atoms with Crippen molar-refractivity contribution in [2.24, 2.45) is 34.6 Å². The third kappa shape index (κ3) is 5.32. The fraction of sp³-hybridized carbons (Fsp3) is 0.739. The van der Waals surface area contributed by atoms with E-state index in [9.17, 15) is 15.0 Å². The molecule has 2 aliphatic carbocycles. The summed E-state index contributed by atoms with van der Waals surface area (Å²) < 4.78 is 5.08. The van der Waals surface area contributed by atoms with Gasteiger partial charge in [-0.25, -0.2) is 0 Å². The predicted molar refractivity (Wildman–Crippen MR) is 110 cm³/mol. The number of ether oxygens (including phenoxy) is 1. The average Bonchev–Trinajstić information content (AvgIpc) is 2.73. The number of allylic oxidation sites excluding steroid dienone is 2. The summed E-state index contributed by atoms with van der Waals surface area (Å²) in [6, 6.07) is 0. The van der Waals surface area contributed by atoms with Crippen molar-refractivity contribution in [1.82, 2.24) is 0 Å². The lowest BCUT2D eigenvalue weighted by Gasteiger charge is -2.39. The molecule has 0 radical (unpaired) electrons. The molecule has 0 spiro atoms. The zero-order chi connectivity index (χ0) is 19.9. The van der Waals surface area contributed by atoms with Crippen molar-refractivity contribution in [3.8, 4) is 0 Å². The van der Waals surface area contributed by atoms with Gasteiger partial charge in [0.25, 0.3) is 0 Å². The highest BCUT2D eigenvalue weighted by Gasteiger charge is 2.36. The summed E-state index contributed by atoms with van der Waals surface area (Å²) in [6.07, 6.45) is 14.3. The molecular weight excluding hydrogens is 354 g/mol. The molecule has 5 heteroatoms. The molecule has 2 N–H and O–H groups in total. The summed E-state index contributed by atoms with van der Waals surface area (Å²) >= 11 is 0. The molecule has 0 aromatic heterocycles. The van der Waals surface area contributed by atoms with Crippen LogP contribution in [0.25, 0.3) is 0 Å². The minimum atomic E-state index is -0.431. The number of hydrogen-bond acceptors (Lipinski definition) is 5. The van der Waals surface area contributed by atoms with Gasteiger partial charge in [-0.15, -0.1) is 0 Å². The first kappa shape index (κ1) is 21.3. The molecule has 3 rings (SSSR count). The maximum atomic E-state index is 11.8. The third-order valence-corrected chi connectivity index (χ3v) is 6.70. The molecule has 1 heterocycles. The average molecular weight is 390 g/mol. The molecule has 3 aliphatic rings. The number of carbonyl (C=O) groups excluding carboxylic acids is 1. The number of rotatable bonds is 7. The summed E-state index contributed by atoms with van der Waals surface area (Å²) in [7, 11) is 0. The Balaban J connectivity index is 1.70. The molecule has 0 aromatic carbocycles. The van der Waals surface area contributed by atoms with Crippen molar-refractivity contribution < 1.29 is 19.7 Å². The summed E-state index contributed by atoms with van der Waals surface area (Å²) in [5.74, 6) is 1.63. The van der Waals surface area contributed by atoms with E-state index in [0.717, 1.165) is 44.2 Å². The Kier molecular flexibility index (Phi) is 7.86. The summed E-state index contributed by atoms with van der Waals surface area (Å²) in [6.45, 7) is 3.27. The molecule has 28 heavy (non-hydrogen) atoms. The topological polar surface area (TPSA) is 79.1 Å². The number of aliphatic hydroxyl groups excluding tert-OH is 2. The number of esters is 1. The Morgan fingerprint density at radius 1 is 1.25 bits per heavy atom. The lowest BCUT2D eigenvalue weighted by molar-refractivity contribution is -0.143. The smallest absolute Gasteiger partial charge is 0.305 e. The van der Waals surface area contributed by atoms with Gasteiger partial charge in [-0.3, -0.25) is 9.79 Å². The maximum Gasteiger partial charge on any atom is 0.305 e. The van der Waals surface area contributed by atoms with Gasteiger partial charge in [0.05, 0.1) is 19.3 Å². The minimum absolute atomic E-state index is 0.109. The van der Waals surface area contributed by atoms with Crippen LogP contribution < -0.4 is 0 Å². The zero-order valence-electron chi connectivity index (χ0n) is 17.0. The van der Waals surface area contributed by atoms with Gasteiger partial charge in [0.2, 0.25) is 0 Å². The zero-order valence-corrected chi connectivity index (χ0v) is 17.0. The van der Waals surface area contributed by atoms with Crippen LogP contribution >= 0.6 is 0 Å². The highest BCUT2D eigenvalue weighted by molar-refractivity contribution is 5.69. The Morgan fingerprint density at radius 3 is 2.82 bits per heavy atom. The van der Waals surface area contributed by atoms with Crippen LogP contribution in [0.4, 0.5) is 0 Å². The van der Waals surface area contributed by atoms with E-state index in [1.165, 1.54) is 0 Å². The van der Waals surface area contributed by atoms with Crippen molar-refractivity contribution in [3.05, 3.63) is 23.8 Å². The molecule has 1 aliphatic heterocycles. The van der Waals surface area contributed by atoms with E-state index in [1.807, 2.05) is 13.0 Å². The fourth-order valence-corrected chi connectivity index (χ4v) is 5.31. The van der Waals surface area contributed by atoms with Crippen molar-refractivity contribution in [2.45, 2.75) is 58.0 Å². The van der Waals surface area contributed by atoms with Gasteiger partial charge in [-0.1, -0.05) is 18.2 Å². The van der Waals surface area contributed by atoms with Gasteiger partial charge in [0, 0.05) is 25.1 Å². The largest absolute Gasteiger partial charge is 0.466 e. The second-order valence-corrected chi connectivity index (χ2v) is 8.48. The van der Waals surface area contributed by atoms with Crippen LogP contribution in [-0.2, 0) is 9.53 Å². The first-order valence-corrected chi connectivity index (χ1v) is 11.0. The number of nitrogens with zero attached hydrogens (tertiary/aromatic N) is 1. The normalized spacial score (nSPS) is 35.5. The monoisotopic (exact) mass is 389 g/mol. The molecular formula is C23H35NO4. The second-order valence-electron chi connectivity index (χ2n) is 8.48. The van der Waals surface area contributed by atoms with Crippen LogP contribution in [0.2, 0.25) is 0 Å². The van der Waals surface area contributed by atoms with Gasteiger partial charge in [0.15, 0.2) is 0 Å². The van der Waals surface area contributed by atoms with Crippen LogP contribution in [-0.4, -0.2) is 48.3 Å². The van der Waals surface area contributed by atoms with Gasteiger partial charge >= 0.3 is 5.97 Å². The van der Waals surface area contributed by atoms with E-state index in [2.05, 4.69) is 23.4 Å². The van der Waals surface area contributed by atoms with E-state index in [0.29, 0.717) is 43.1 Å². The Labute approximate surface area is 168 Å². The highest BCUT2D eigenvalue weighted by atomic mass is 16.5. The van der Waals surface area contributed by atoms with Gasteiger partial charge in [0.1, 0.15) is 0 Å². The molecule has 0 amide bonds. The molecule has 0 fully saturated rings. The third-order valence-electron chi connectivity index (χ3n) is 6.70. The molecule has 156 valence electrons. The van der Waals surface area contributed by atoms with E-state index >= 15 is 0 Å². The molecule has 0 bridgehead atoms. The van der Waals surface area contributed by atoms with Crippen LogP contribution in [0.1, 0.15) is 51.9 Å². The lowest BCUT2D eigenvalue weighted by Crippen LogP contribution is -2.33. The van der Waals surface area contributed by atoms with Gasteiger partial charge < -0.3 is 14.9 Å². The Hall–Kier alpha value is -1.46. The van der Waals surface area contributed by atoms with E-state index in [1.54, 1.807) is 0 Å². The van der Waals surface area contributed by atoms with Crippen molar-refractivity contribution in [1.29, 1.82) is 0 Å². The quantitative estimate of drug-likeness (QED) is 0.517. The maximum absolute atomic E-state index is 11.8. The number of aliphatic hydroxyl groups is 2. The van der Waals surface area contributed by atoms with E-state index < -0.39 is 6.10 Å². The van der Waals surface area contributed by atoms with Crippen LogP contribution in [0, 0.1) is 29.6 Å². The molecule has 0 aromatic rings. The minimum Gasteiger partial charge on any atom is -0.466 e. The van der Waals surface area contributed by atoms with E-state index in [-0.39, 0.29) is 18.5 Å². The van der Waals surface area contributed by atoms with Crippen LogP contribution in [0.15, 0.2) is 28.8 Å². The lowest BCUT2D eigenvalue weighted by atomic mass is 9.66. The molecule has 6 atom stereocenters. The summed E-state index contributed by atoms with van der Waals surface area (Å²) in [5.41, 5.74) is 1.15. The number of hydrogen-bond donors (Lipinski definition) is 2. The number of aliphatic imine (C=N–C) groups is 1. The van der Waals surface area contributed by atoms with Crippen LogP contribution in [0.5, 0.6) is 0 Å². The fourth-order valence-electron chi connectivity index (χ4n) is 5.31. The highest BCUT2D eigenvalue weighted by Crippen LogP contribution is 2.43. The standard InChI is InChI=1S/C23H35NO4/c1-2-28-23(27)10-6-17-13-20(26)7-9-21(17)16-5-8-22(19(12-16)15-25)18-4-3-11-24-14-18/h7,9,12,14,16-18,20-22,25-26H,2-6,8,10-11,13,15H2,1H3/t16?,17?,18?,20?,21?,22-/m1/s1. The van der Waals surface area contributed by atoms with Crippen LogP contribution in [0.3, 0.4) is 0 Å². The first-order chi connectivity index (χ1) is 13.6. The predicted octanol–water partition coefficient (Wildman–Crippen LogP) is 3.31. The molecule has 0 saturated heterocycles. The first-order valence-electron chi connectivity index (χ1n) is 11.0. The SMILES string of the molecule is CCOC(=O)CCC1CC(O)C=CC1C1C=C(CO)[C@@H](C2C=NCCC2)CC1. The van der Waals surface area contributed by atoms with E-state index in [4.69, 9.17) is 4.74 Å². The van der Waals surface area contributed by atoms with Crippen molar-refractivity contribution in [3.63, 3.8) is 0 Å². The Bertz CT molecular complexity index is 612. The second kappa shape index (κ2) is 10.4. The van der Waals surface area contributed by atoms with Gasteiger partial charge in [-0.05, 0) is 74.7 Å². The number of carbonyl (C=O) groups is 1. The van der Waals surface area contributed by atoms with Gasteiger partial charge in [-0.2, -0.15) is 0 Å².